The van der Waals surface area contributed by atoms with Gasteiger partial charge in [0, 0.05) is 37.7 Å². The first-order valence-corrected chi connectivity index (χ1v) is 8.04. The first-order valence-electron chi connectivity index (χ1n) is 8.04. The first-order chi connectivity index (χ1) is 10.2. The van der Waals surface area contributed by atoms with Crippen LogP contribution >= 0.6 is 0 Å². The summed E-state index contributed by atoms with van der Waals surface area (Å²) in [7, 11) is 2.14. The maximum atomic E-state index is 5.80. The van der Waals surface area contributed by atoms with Crippen LogP contribution < -0.4 is 4.90 Å². The zero-order valence-electron chi connectivity index (χ0n) is 13.0. The van der Waals surface area contributed by atoms with Crippen molar-refractivity contribution < 1.29 is 9.47 Å². The maximum absolute atomic E-state index is 5.80. The number of ether oxygens (including phenoxy) is 2. The van der Waals surface area contributed by atoms with Crippen molar-refractivity contribution >= 4 is 5.82 Å². The zero-order chi connectivity index (χ0) is 14.7. The van der Waals surface area contributed by atoms with E-state index in [1.165, 1.54) is 0 Å². The molecule has 1 aliphatic heterocycles. The molecule has 1 saturated heterocycles. The minimum atomic E-state index is -0.281. The van der Waals surface area contributed by atoms with Gasteiger partial charge >= 0.3 is 0 Å². The smallest absolute Gasteiger partial charge is 0.168 e. The lowest BCUT2D eigenvalue weighted by atomic mass is 9.89. The molecule has 0 atom stereocenters. The summed E-state index contributed by atoms with van der Waals surface area (Å²) in [4.78, 5) is 11.1. The Hall–Kier alpha value is -1.20. The normalized spacial score (nSPS) is 21.8. The number of hydrogen-bond donors (Lipinski definition) is 0. The monoisotopic (exact) mass is 291 g/mol. The maximum Gasteiger partial charge on any atom is 0.168 e. The molecule has 5 nitrogen and oxygen atoms in total. The summed E-state index contributed by atoms with van der Waals surface area (Å²) >= 11 is 0. The third-order valence-electron chi connectivity index (χ3n) is 4.65. The molecule has 0 N–H and O–H groups in total. The van der Waals surface area contributed by atoms with Crippen LogP contribution in [0.5, 0.6) is 0 Å². The Morgan fingerprint density at radius 2 is 1.95 bits per heavy atom. The van der Waals surface area contributed by atoms with E-state index < -0.39 is 0 Å². The second kappa shape index (κ2) is 6.28. The molecule has 0 radical (unpaired) electrons. The molecule has 1 aromatic heterocycles. The van der Waals surface area contributed by atoms with E-state index in [1.807, 2.05) is 0 Å². The van der Waals surface area contributed by atoms with Gasteiger partial charge in [0.15, 0.2) is 5.79 Å². The van der Waals surface area contributed by atoms with E-state index in [4.69, 9.17) is 9.47 Å². The molecule has 21 heavy (non-hydrogen) atoms. The summed E-state index contributed by atoms with van der Waals surface area (Å²) in [5.74, 6) is 0.749. The van der Waals surface area contributed by atoms with Crippen molar-refractivity contribution in [3.63, 3.8) is 0 Å². The van der Waals surface area contributed by atoms with Gasteiger partial charge in [0.25, 0.3) is 0 Å². The fourth-order valence-electron chi connectivity index (χ4n) is 3.37. The predicted octanol–water partition coefficient (Wildman–Crippen LogP) is 2.55. The van der Waals surface area contributed by atoms with Gasteiger partial charge < -0.3 is 14.4 Å². The number of aryl methyl sites for hydroxylation is 1. The molecule has 116 valence electrons. The fraction of sp³-hybridized carbons (Fsp3) is 0.750. The number of rotatable bonds is 4. The van der Waals surface area contributed by atoms with Crippen LogP contribution in [0.15, 0.2) is 12.4 Å². The van der Waals surface area contributed by atoms with E-state index in [1.54, 1.807) is 6.33 Å². The molecule has 1 spiro atoms. The van der Waals surface area contributed by atoms with Crippen LogP contribution in [0.2, 0.25) is 0 Å². The Morgan fingerprint density at radius 3 is 2.62 bits per heavy atom. The van der Waals surface area contributed by atoms with Crippen molar-refractivity contribution in [2.45, 2.75) is 57.3 Å². The second-order valence-corrected chi connectivity index (χ2v) is 6.07. The molecule has 1 aromatic rings. The average Bonchev–Trinajstić information content (AvgIpc) is 2.96. The Balaban J connectivity index is 1.63. The van der Waals surface area contributed by atoms with E-state index in [0.29, 0.717) is 6.04 Å². The highest BCUT2D eigenvalue weighted by atomic mass is 16.7. The summed E-state index contributed by atoms with van der Waals surface area (Å²) in [6.45, 7) is 3.66. The standard InChI is InChI=1S/C16H25N3O2/c1-3-4-13-11-15(18-12-17-13)19(2)14-5-7-16(8-6-14)20-9-10-21-16/h11-12,14H,3-10H2,1-2H3. The molecule has 0 amide bonds. The second-order valence-electron chi connectivity index (χ2n) is 6.07. The molecule has 2 heterocycles. The summed E-state index contributed by atoms with van der Waals surface area (Å²) < 4.78 is 11.6. The van der Waals surface area contributed by atoms with Crippen LogP contribution in [0.3, 0.4) is 0 Å². The number of aromatic nitrogens is 2. The van der Waals surface area contributed by atoms with Crippen molar-refractivity contribution in [2.75, 3.05) is 25.2 Å². The molecule has 0 bridgehead atoms. The topological polar surface area (TPSA) is 47.5 Å². The third kappa shape index (κ3) is 3.19. The molecule has 3 rings (SSSR count). The summed E-state index contributed by atoms with van der Waals surface area (Å²) in [6.07, 6.45) is 7.95. The van der Waals surface area contributed by atoms with Crippen molar-refractivity contribution in [3.05, 3.63) is 18.1 Å². The lowest BCUT2D eigenvalue weighted by Crippen LogP contribution is -2.43. The molecule has 1 saturated carbocycles. The van der Waals surface area contributed by atoms with Gasteiger partial charge in [-0.3, -0.25) is 0 Å². The van der Waals surface area contributed by atoms with Gasteiger partial charge in [-0.25, -0.2) is 9.97 Å². The molecule has 2 aliphatic rings. The van der Waals surface area contributed by atoms with Crippen LogP contribution in [-0.2, 0) is 15.9 Å². The van der Waals surface area contributed by atoms with E-state index in [2.05, 4.69) is 34.9 Å². The van der Waals surface area contributed by atoms with Gasteiger partial charge in [0.05, 0.1) is 13.2 Å². The van der Waals surface area contributed by atoms with Gasteiger partial charge in [-0.2, -0.15) is 0 Å². The third-order valence-corrected chi connectivity index (χ3v) is 4.65. The Morgan fingerprint density at radius 1 is 1.24 bits per heavy atom. The van der Waals surface area contributed by atoms with Gasteiger partial charge in [-0.1, -0.05) is 13.3 Å². The van der Waals surface area contributed by atoms with Gasteiger partial charge in [-0.15, -0.1) is 0 Å². The summed E-state index contributed by atoms with van der Waals surface area (Å²) in [5.41, 5.74) is 1.13. The summed E-state index contributed by atoms with van der Waals surface area (Å²) in [6, 6.07) is 2.63. The molecule has 1 aliphatic carbocycles. The highest BCUT2D eigenvalue weighted by Gasteiger charge is 2.41. The lowest BCUT2D eigenvalue weighted by molar-refractivity contribution is -0.178. The van der Waals surface area contributed by atoms with Crippen LogP contribution in [0.4, 0.5) is 5.82 Å². The highest BCUT2D eigenvalue weighted by Crippen LogP contribution is 2.37. The minimum Gasteiger partial charge on any atom is -0.357 e. The number of anilines is 1. The zero-order valence-corrected chi connectivity index (χ0v) is 13.0. The predicted molar refractivity (Wildman–Crippen MR) is 81.3 cm³/mol. The molecule has 0 aromatic carbocycles. The van der Waals surface area contributed by atoms with Gasteiger partial charge in [-0.05, 0) is 19.3 Å². The fourth-order valence-corrected chi connectivity index (χ4v) is 3.37. The van der Waals surface area contributed by atoms with Crippen molar-refractivity contribution in [2.24, 2.45) is 0 Å². The largest absolute Gasteiger partial charge is 0.357 e. The van der Waals surface area contributed by atoms with E-state index in [0.717, 1.165) is 63.3 Å². The van der Waals surface area contributed by atoms with Crippen LogP contribution in [0, 0.1) is 0 Å². The Bertz CT molecular complexity index is 464. The molecule has 2 fully saturated rings. The average molecular weight is 291 g/mol. The van der Waals surface area contributed by atoms with E-state index >= 15 is 0 Å². The Kier molecular flexibility index (Phi) is 4.40. The summed E-state index contributed by atoms with van der Waals surface area (Å²) in [5, 5.41) is 0. The van der Waals surface area contributed by atoms with Gasteiger partial charge in [0.1, 0.15) is 12.1 Å². The molecule has 0 unspecified atom stereocenters. The lowest BCUT2D eigenvalue weighted by Gasteiger charge is -2.39. The van der Waals surface area contributed by atoms with Crippen molar-refractivity contribution in [3.8, 4) is 0 Å². The van der Waals surface area contributed by atoms with E-state index in [-0.39, 0.29) is 5.79 Å². The Labute approximate surface area is 126 Å². The highest BCUT2D eigenvalue weighted by molar-refractivity contribution is 5.39. The number of nitrogens with zero attached hydrogens (tertiary/aromatic N) is 3. The van der Waals surface area contributed by atoms with Crippen molar-refractivity contribution in [1.29, 1.82) is 0 Å². The first kappa shape index (κ1) is 14.7. The quantitative estimate of drug-likeness (QED) is 0.853. The van der Waals surface area contributed by atoms with Crippen LogP contribution in [-0.4, -0.2) is 42.1 Å². The van der Waals surface area contributed by atoms with E-state index in [9.17, 15) is 0 Å². The minimum absolute atomic E-state index is 0.281. The SMILES string of the molecule is CCCc1cc(N(C)C2CCC3(CC2)OCCO3)ncn1. The van der Waals surface area contributed by atoms with Crippen LogP contribution in [0.1, 0.15) is 44.7 Å². The molecule has 5 heteroatoms. The van der Waals surface area contributed by atoms with Crippen molar-refractivity contribution in [1.82, 2.24) is 9.97 Å². The number of hydrogen-bond acceptors (Lipinski definition) is 5. The molecular weight excluding hydrogens is 266 g/mol. The van der Waals surface area contributed by atoms with Gasteiger partial charge in [0.2, 0.25) is 0 Å². The van der Waals surface area contributed by atoms with Crippen LogP contribution in [0.25, 0.3) is 0 Å². The molecular formula is C16H25N3O2.